The van der Waals surface area contributed by atoms with E-state index in [9.17, 15) is 0 Å². The SMILES string of the molecule is CC12CCC(c3ccccc3)(CC1N)C2(C)C. The third-order valence-corrected chi connectivity index (χ3v) is 6.41. The Labute approximate surface area is 104 Å². The Kier molecular flexibility index (Phi) is 2.08. The molecule has 92 valence electrons. The van der Waals surface area contributed by atoms with Gasteiger partial charge < -0.3 is 5.73 Å². The van der Waals surface area contributed by atoms with Crippen molar-refractivity contribution in [3.05, 3.63) is 35.9 Å². The van der Waals surface area contributed by atoms with Crippen LogP contribution in [0.3, 0.4) is 0 Å². The summed E-state index contributed by atoms with van der Waals surface area (Å²) >= 11 is 0. The van der Waals surface area contributed by atoms with E-state index in [1.807, 2.05) is 0 Å². The van der Waals surface area contributed by atoms with E-state index in [1.54, 1.807) is 0 Å². The second-order valence-corrected chi connectivity index (χ2v) is 6.80. The Bertz CT molecular complexity index is 436. The van der Waals surface area contributed by atoms with Gasteiger partial charge in [0.1, 0.15) is 0 Å². The summed E-state index contributed by atoms with van der Waals surface area (Å²) in [5.74, 6) is 0. The van der Waals surface area contributed by atoms with Gasteiger partial charge >= 0.3 is 0 Å². The van der Waals surface area contributed by atoms with E-state index >= 15 is 0 Å². The fourth-order valence-electron chi connectivity index (χ4n) is 4.63. The fraction of sp³-hybridized carbons (Fsp3) is 0.625. The van der Waals surface area contributed by atoms with Crippen LogP contribution in [0.15, 0.2) is 30.3 Å². The molecule has 2 fully saturated rings. The number of fused-ring (bicyclic) bond motifs is 2. The van der Waals surface area contributed by atoms with Gasteiger partial charge in [0.25, 0.3) is 0 Å². The van der Waals surface area contributed by atoms with Gasteiger partial charge in [-0.1, -0.05) is 51.1 Å². The van der Waals surface area contributed by atoms with Crippen LogP contribution in [-0.2, 0) is 5.41 Å². The summed E-state index contributed by atoms with van der Waals surface area (Å²) in [7, 11) is 0. The first-order valence-corrected chi connectivity index (χ1v) is 6.75. The number of hydrogen-bond donors (Lipinski definition) is 1. The van der Waals surface area contributed by atoms with Crippen LogP contribution in [0.5, 0.6) is 0 Å². The summed E-state index contributed by atoms with van der Waals surface area (Å²) in [5, 5.41) is 0. The molecule has 3 atom stereocenters. The maximum atomic E-state index is 6.45. The predicted octanol–water partition coefficient (Wildman–Crippen LogP) is 3.48. The minimum atomic E-state index is 0.306. The first-order chi connectivity index (χ1) is 7.94. The van der Waals surface area contributed by atoms with Crippen molar-refractivity contribution in [1.29, 1.82) is 0 Å². The van der Waals surface area contributed by atoms with Gasteiger partial charge in [0.15, 0.2) is 0 Å². The summed E-state index contributed by atoms with van der Waals surface area (Å²) in [5.41, 5.74) is 8.88. The Morgan fingerprint density at radius 2 is 1.71 bits per heavy atom. The lowest BCUT2D eigenvalue weighted by Crippen LogP contribution is -2.41. The molecule has 17 heavy (non-hydrogen) atoms. The molecule has 1 heteroatoms. The summed E-state index contributed by atoms with van der Waals surface area (Å²) < 4.78 is 0. The van der Waals surface area contributed by atoms with Crippen molar-refractivity contribution in [2.24, 2.45) is 16.6 Å². The number of hydrogen-bond acceptors (Lipinski definition) is 1. The molecule has 0 radical (unpaired) electrons. The van der Waals surface area contributed by atoms with Crippen LogP contribution >= 0.6 is 0 Å². The molecule has 2 saturated carbocycles. The zero-order valence-corrected chi connectivity index (χ0v) is 11.2. The maximum absolute atomic E-state index is 6.45. The van der Waals surface area contributed by atoms with Crippen molar-refractivity contribution in [2.45, 2.75) is 51.5 Å². The van der Waals surface area contributed by atoms with Crippen LogP contribution in [0.1, 0.15) is 45.6 Å². The van der Waals surface area contributed by atoms with Crippen LogP contribution in [0.4, 0.5) is 0 Å². The molecule has 2 bridgehead atoms. The van der Waals surface area contributed by atoms with Crippen LogP contribution in [0.2, 0.25) is 0 Å². The second kappa shape index (κ2) is 3.14. The van der Waals surface area contributed by atoms with Crippen LogP contribution in [-0.4, -0.2) is 6.04 Å². The number of benzene rings is 1. The molecule has 0 saturated heterocycles. The summed E-state index contributed by atoms with van der Waals surface area (Å²) in [6.45, 7) is 7.26. The quantitative estimate of drug-likeness (QED) is 0.784. The molecule has 0 amide bonds. The standard InChI is InChI=1S/C16H23N/c1-14(2)15(3)9-10-16(14,11-13(15)17)12-7-5-4-6-8-12/h4-8,13H,9-11,17H2,1-3H3. The average molecular weight is 229 g/mol. The van der Waals surface area contributed by atoms with Crippen molar-refractivity contribution in [3.63, 3.8) is 0 Å². The highest BCUT2D eigenvalue weighted by Crippen LogP contribution is 2.71. The van der Waals surface area contributed by atoms with E-state index in [4.69, 9.17) is 5.73 Å². The lowest BCUT2D eigenvalue weighted by Gasteiger charge is -2.42. The molecule has 1 nitrogen and oxygen atoms in total. The van der Waals surface area contributed by atoms with Gasteiger partial charge in [-0.2, -0.15) is 0 Å². The highest BCUT2D eigenvalue weighted by molar-refractivity contribution is 5.37. The second-order valence-electron chi connectivity index (χ2n) is 6.80. The molecule has 3 unspecified atom stereocenters. The van der Waals surface area contributed by atoms with Crippen molar-refractivity contribution in [2.75, 3.05) is 0 Å². The Morgan fingerprint density at radius 3 is 2.18 bits per heavy atom. The van der Waals surface area contributed by atoms with Crippen molar-refractivity contribution < 1.29 is 0 Å². The van der Waals surface area contributed by atoms with E-state index in [0.717, 1.165) is 6.42 Å². The molecule has 0 aromatic heterocycles. The summed E-state index contributed by atoms with van der Waals surface area (Å²) in [4.78, 5) is 0. The number of nitrogens with two attached hydrogens (primary N) is 1. The Hall–Kier alpha value is -0.820. The Morgan fingerprint density at radius 1 is 1.06 bits per heavy atom. The molecule has 0 spiro atoms. The van der Waals surface area contributed by atoms with E-state index in [1.165, 1.54) is 18.4 Å². The van der Waals surface area contributed by atoms with Crippen LogP contribution in [0.25, 0.3) is 0 Å². The lowest BCUT2D eigenvalue weighted by atomic mass is 9.62. The average Bonchev–Trinajstić information content (AvgIpc) is 2.61. The molecule has 3 rings (SSSR count). The van der Waals surface area contributed by atoms with E-state index < -0.39 is 0 Å². The summed E-state index contributed by atoms with van der Waals surface area (Å²) in [6, 6.07) is 11.4. The monoisotopic (exact) mass is 229 g/mol. The number of rotatable bonds is 1. The maximum Gasteiger partial charge on any atom is 0.0107 e. The van der Waals surface area contributed by atoms with Crippen LogP contribution in [0, 0.1) is 10.8 Å². The molecule has 0 heterocycles. The fourth-order valence-corrected chi connectivity index (χ4v) is 4.63. The highest BCUT2D eigenvalue weighted by atomic mass is 14.8. The largest absolute Gasteiger partial charge is 0.327 e. The predicted molar refractivity (Wildman–Crippen MR) is 71.8 cm³/mol. The third kappa shape index (κ3) is 1.09. The van der Waals surface area contributed by atoms with Crippen molar-refractivity contribution in [1.82, 2.24) is 0 Å². The van der Waals surface area contributed by atoms with Gasteiger partial charge in [0, 0.05) is 11.5 Å². The van der Waals surface area contributed by atoms with Gasteiger partial charge in [0.2, 0.25) is 0 Å². The third-order valence-electron chi connectivity index (χ3n) is 6.41. The van der Waals surface area contributed by atoms with Gasteiger partial charge in [-0.15, -0.1) is 0 Å². The molecule has 2 aliphatic carbocycles. The van der Waals surface area contributed by atoms with Gasteiger partial charge in [0.05, 0.1) is 0 Å². The topological polar surface area (TPSA) is 26.0 Å². The molecule has 0 aliphatic heterocycles. The zero-order chi connectivity index (χ0) is 12.3. The van der Waals surface area contributed by atoms with E-state index in [0.29, 0.717) is 22.3 Å². The Balaban J connectivity index is 2.17. The first-order valence-electron chi connectivity index (χ1n) is 6.75. The van der Waals surface area contributed by atoms with Gasteiger partial charge in [-0.3, -0.25) is 0 Å². The minimum absolute atomic E-state index is 0.306. The molecule has 1 aromatic carbocycles. The highest BCUT2D eigenvalue weighted by Gasteiger charge is 2.68. The molecule has 2 N–H and O–H groups in total. The van der Waals surface area contributed by atoms with Gasteiger partial charge in [-0.25, -0.2) is 0 Å². The molecular formula is C16H23N. The van der Waals surface area contributed by atoms with Crippen molar-refractivity contribution >= 4 is 0 Å². The smallest absolute Gasteiger partial charge is 0.0107 e. The van der Waals surface area contributed by atoms with Gasteiger partial charge in [-0.05, 0) is 35.7 Å². The minimum Gasteiger partial charge on any atom is -0.327 e. The molecule has 2 aliphatic rings. The summed E-state index contributed by atoms with van der Waals surface area (Å²) in [6.07, 6.45) is 3.73. The molecule has 1 aromatic rings. The zero-order valence-electron chi connectivity index (χ0n) is 11.2. The van der Waals surface area contributed by atoms with E-state index in [2.05, 4.69) is 51.1 Å². The van der Waals surface area contributed by atoms with E-state index in [-0.39, 0.29) is 0 Å². The van der Waals surface area contributed by atoms with Crippen LogP contribution < -0.4 is 5.73 Å². The lowest BCUT2D eigenvalue weighted by molar-refractivity contribution is 0.123. The molecular weight excluding hydrogens is 206 g/mol. The van der Waals surface area contributed by atoms with Crippen molar-refractivity contribution in [3.8, 4) is 0 Å². The normalized spacial score (nSPS) is 42.9. The first kappa shape index (κ1) is 11.3.